The first-order chi connectivity index (χ1) is 5.25. The van der Waals surface area contributed by atoms with E-state index in [4.69, 9.17) is 0 Å². The van der Waals surface area contributed by atoms with Gasteiger partial charge in [0.15, 0.2) is 0 Å². The van der Waals surface area contributed by atoms with Gasteiger partial charge < -0.3 is 4.98 Å². The molecule has 2 nitrogen and oxygen atoms in total. The molecule has 0 aromatic carbocycles. The van der Waals surface area contributed by atoms with Gasteiger partial charge >= 0.3 is 0 Å². The van der Waals surface area contributed by atoms with Crippen LogP contribution in [0.2, 0.25) is 0 Å². The fourth-order valence-corrected chi connectivity index (χ4v) is 0.941. The lowest BCUT2D eigenvalue weighted by molar-refractivity contribution is 1.33. The minimum Gasteiger partial charge on any atom is -0.346 e. The molecule has 11 heavy (non-hydrogen) atoms. The van der Waals surface area contributed by atoms with Crippen LogP contribution in [0.3, 0.4) is 0 Å². The smallest absolute Gasteiger partial charge is 0.137 e. The second kappa shape index (κ2) is 3.19. The zero-order valence-corrected chi connectivity index (χ0v) is 6.89. The molecular formula is C9H12N2. The maximum absolute atomic E-state index is 4.15. The molecule has 0 unspecified atom stereocenters. The Morgan fingerprint density at radius 3 is 3.00 bits per heavy atom. The van der Waals surface area contributed by atoms with Crippen molar-refractivity contribution in [2.75, 3.05) is 0 Å². The highest BCUT2D eigenvalue weighted by Gasteiger charge is 2.00. The minimum atomic E-state index is 0.889. The number of nitrogens with zero attached hydrogens (tertiary/aromatic N) is 1. The van der Waals surface area contributed by atoms with Crippen molar-refractivity contribution >= 4 is 17.6 Å². The standard InChI is InChI=1S/C9H12N2/c1-4-10-9-8(7(2)3)5-6-11-9/h4-6,11H,2H2,1,3H3/b10-4-. The van der Waals surface area contributed by atoms with E-state index < -0.39 is 0 Å². The number of aromatic nitrogens is 1. The second-order valence-electron chi connectivity index (χ2n) is 2.41. The van der Waals surface area contributed by atoms with Gasteiger partial charge in [-0.3, -0.25) is 0 Å². The molecule has 0 saturated heterocycles. The molecule has 0 atom stereocenters. The summed E-state index contributed by atoms with van der Waals surface area (Å²) in [4.78, 5) is 7.18. The molecule has 0 aliphatic heterocycles. The van der Waals surface area contributed by atoms with Crippen molar-refractivity contribution < 1.29 is 0 Å². The molecule has 2 heteroatoms. The number of allylic oxidation sites excluding steroid dienone is 1. The molecule has 1 aromatic rings. The van der Waals surface area contributed by atoms with Crippen LogP contribution in [-0.4, -0.2) is 11.2 Å². The maximum atomic E-state index is 4.15. The van der Waals surface area contributed by atoms with Crippen molar-refractivity contribution in [3.63, 3.8) is 0 Å². The van der Waals surface area contributed by atoms with Crippen molar-refractivity contribution in [3.8, 4) is 0 Å². The summed E-state index contributed by atoms with van der Waals surface area (Å²) in [6.07, 6.45) is 3.63. The van der Waals surface area contributed by atoms with Crippen LogP contribution in [-0.2, 0) is 0 Å². The second-order valence-corrected chi connectivity index (χ2v) is 2.41. The lowest BCUT2D eigenvalue weighted by Crippen LogP contribution is -1.73. The van der Waals surface area contributed by atoms with Gasteiger partial charge in [-0.05, 0) is 25.5 Å². The highest BCUT2D eigenvalue weighted by Crippen LogP contribution is 2.22. The summed E-state index contributed by atoms with van der Waals surface area (Å²) in [5.74, 6) is 0.889. The average molecular weight is 148 g/mol. The third-order valence-corrected chi connectivity index (χ3v) is 1.44. The van der Waals surface area contributed by atoms with Crippen molar-refractivity contribution in [2.24, 2.45) is 4.99 Å². The lowest BCUT2D eigenvalue weighted by atomic mass is 10.2. The van der Waals surface area contributed by atoms with Gasteiger partial charge in [0.1, 0.15) is 5.82 Å². The Labute approximate surface area is 66.7 Å². The zero-order valence-electron chi connectivity index (χ0n) is 6.89. The summed E-state index contributed by atoms with van der Waals surface area (Å²) in [6, 6.07) is 1.98. The van der Waals surface area contributed by atoms with Gasteiger partial charge in [0.2, 0.25) is 0 Å². The summed E-state index contributed by atoms with van der Waals surface area (Å²) in [7, 11) is 0. The van der Waals surface area contributed by atoms with Gasteiger partial charge in [-0.1, -0.05) is 6.58 Å². The molecule has 1 aromatic heterocycles. The van der Waals surface area contributed by atoms with Crippen LogP contribution >= 0.6 is 0 Å². The quantitative estimate of drug-likeness (QED) is 0.625. The Hall–Kier alpha value is -1.31. The predicted octanol–water partition coefficient (Wildman–Crippen LogP) is 2.77. The van der Waals surface area contributed by atoms with Gasteiger partial charge in [0.05, 0.1) is 0 Å². The maximum Gasteiger partial charge on any atom is 0.137 e. The predicted molar refractivity (Wildman–Crippen MR) is 49.3 cm³/mol. The summed E-state index contributed by atoms with van der Waals surface area (Å²) in [5, 5.41) is 0. The van der Waals surface area contributed by atoms with Gasteiger partial charge in [-0.25, -0.2) is 4.99 Å². The number of rotatable bonds is 2. The minimum absolute atomic E-state index is 0.889. The normalized spacial score (nSPS) is 10.7. The fourth-order valence-electron chi connectivity index (χ4n) is 0.941. The van der Waals surface area contributed by atoms with Crippen LogP contribution in [0.15, 0.2) is 23.8 Å². The van der Waals surface area contributed by atoms with Crippen LogP contribution in [0.5, 0.6) is 0 Å². The summed E-state index contributed by atoms with van der Waals surface area (Å²) < 4.78 is 0. The molecular weight excluding hydrogens is 136 g/mol. The Balaban J connectivity index is 3.05. The Morgan fingerprint density at radius 1 is 1.73 bits per heavy atom. The number of aromatic amines is 1. The van der Waals surface area contributed by atoms with Gasteiger partial charge in [0.25, 0.3) is 0 Å². The molecule has 0 spiro atoms. The molecule has 0 aliphatic carbocycles. The molecule has 0 bridgehead atoms. The topological polar surface area (TPSA) is 28.1 Å². The summed E-state index contributed by atoms with van der Waals surface area (Å²) >= 11 is 0. The highest BCUT2D eigenvalue weighted by molar-refractivity contribution is 5.72. The first kappa shape index (κ1) is 7.79. The number of nitrogens with one attached hydrogen (secondary N) is 1. The van der Waals surface area contributed by atoms with E-state index in [1.54, 1.807) is 6.21 Å². The van der Waals surface area contributed by atoms with E-state index in [0.717, 1.165) is 17.0 Å². The van der Waals surface area contributed by atoms with Crippen molar-refractivity contribution in [1.29, 1.82) is 0 Å². The first-order valence-corrected chi connectivity index (χ1v) is 3.57. The van der Waals surface area contributed by atoms with E-state index in [-0.39, 0.29) is 0 Å². The highest BCUT2D eigenvalue weighted by atomic mass is 14.9. The largest absolute Gasteiger partial charge is 0.346 e. The number of H-pyrrole nitrogens is 1. The molecule has 0 radical (unpaired) electrons. The third-order valence-electron chi connectivity index (χ3n) is 1.44. The van der Waals surface area contributed by atoms with E-state index >= 15 is 0 Å². The molecule has 1 N–H and O–H groups in total. The molecule has 0 fully saturated rings. The van der Waals surface area contributed by atoms with E-state index in [2.05, 4.69) is 16.6 Å². The molecule has 1 heterocycles. The zero-order chi connectivity index (χ0) is 8.27. The number of hydrogen-bond acceptors (Lipinski definition) is 1. The van der Waals surface area contributed by atoms with E-state index in [9.17, 15) is 0 Å². The summed E-state index contributed by atoms with van der Waals surface area (Å²) in [5.41, 5.74) is 2.12. The molecule has 0 amide bonds. The molecule has 0 aliphatic rings. The number of hydrogen-bond donors (Lipinski definition) is 1. The van der Waals surface area contributed by atoms with E-state index in [1.807, 2.05) is 26.1 Å². The van der Waals surface area contributed by atoms with Gasteiger partial charge in [-0.15, -0.1) is 0 Å². The van der Waals surface area contributed by atoms with Crippen LogP contribution in [0, 0.1) is 0 Å². The van der Waals surface area contributed by atoms with E-state index in [1.165, 1.54) is 0 Å². The third kappa shape index (κ3) is 1.58. The van der Waals surface area contributed by atoms with Crippen LogP contribution in [0.25, 0.3) is 5.57 Å². The van der Waals surface area contributed by atoms with Crippen LogP contribution in [0.4, 0.5) is 5.82 Å². The Kier molecular flexibility index (Phi) is 2.26. The SMILES string of the molecule is C=C(C)c1cc[nH]c1/N=C\C. The first-order valence-electron chi connectivity index (χ1n) is 3.57. The molecule has 1 rings (SSSR count). The Bertz CT molecular complexity index is 282. The van der Waals surface area contributed by atoms with Crippen molar-refractivity contribution in [3.05, 3.63) is 24.4 Å². The molecule has 0 saturated carbocycles. The van der Waals surface area contributed by atoms with Crippen molar-refractivity contribution in [1.82, 2.24) is 4.98 Å². The van der Waals surface area contributed by atoms with E-state index in [0.29, 0.717) is 0 Å². The monoisotopic (exact) mass is 148 g/mol. The Morgan fingerprint density at radius 2 is 2.45 bits per heavy atom. The van der Waals surface area contributed by atoms with Crippen LogP contribution < -0.4 is 0 Å². The average Bonchev–Trinajstić information content (AvgIpc) is 2.36. The molecule has 58 valence electrons. The van der Waals surface area contributed by atoms with Crippen molar-refractivity contribution in [2.45, 2.75) is 13.8 Å². The fraction of sp³-hybridized carbons (Fsp3) is 0.222. The van der Waals surface area contributed by atoms with Gasteiger partial charge in [0, 0.05) is 18.0 Å². The number of aliphatic imine (C=N–C) groups is 1. The summed E-state index contributed by atoms with van der Waals surface area (Å²) in [6.45, 7) is 7.71. The van der Waals surface area contributed by atoms with Crippen LogP contribution in [0.1, 0.15) is 19.4 Å². The lowest BCUT2D eigenvalue weighted by Gasteiger charge is -1.95. The van der Waals surface area contributed by atoms with Gasteiger partial charge in [-0.2, -0.15) is 0 Å².